The second-order valence-electron chi connectivity index (χ2n) is 11.6. The minimum Gasteiger partial charge on any atom is -0.512 e. The van der Waals surface area contributed by atoms with Gasteiger partial charge in [0.15, 0.2) is 5.78 Å². The average Bonchev–Trinajstić information content (AvgIpc) is 3.41. The molecule has 237 valence electrons. The van der Waals surface area contributed by atoms with Crippen LogP contribution in [0.2, 0.25) is 0 Å². The Bertz CT molecular complexity index is 2150. The van der Waals surface area contributed by atoms with Gasteiger partial charge >= 0.3 is 0 Å². The van der Waals surface area contributed by atoms with Crippen molar-refractivity contribution in [1.29, 1.82) is 0 Å². The van der Waals surface area contributed by atoms with E-state index < -0.39 is 0 Å². The van der Waals surface area contributed by atoms with Crippen LogP contribution < -0.4 is 0 Å². The molecule has 0 atom stereocenters. The molecule has 0 aliphatic carbocycles. The Morgan fingerprint density at radius 1 is 0.826 bits per heavy atom. The number of hydrogen-bond acceptors (Lipinski definition) is 4. The van der Waals surface area contributed by atoms with E-state index in [-0.39, 0.29) is 43.5 Å². The minimum absolute atomic E-state index is 0. The Balaban J connectivity index is 0.000000225. The molecule has 7 rings (SSSR count). The molecule has 0 aliphatic rings. The second-order valence-corrected chi connectivity index (χ2v) is 11.6. The number of aliphatic hydroxyl groups is 1. The summed E-state index contributed by atoms with van der Waals surface area (Å²) in [5.41, 5.74) is 6.86. The first-order valence-electron chi connectivity index (χ1n) is 16.0. The Morgan fingerprint density at radius 2 is 1.50 bits per heavy atom. The molecule has 5 nitrogen and oxygen atoms in total. The number of nitrogens with zero attached hydrogens (tertiary/aromatic N) is 2. The first-order chi connectivity index (χ1) is 22.0. The van der Waals surface area contributed by atoms with E-state index in [1.54, 1.807) is 0 Å². The molecule has 46 heavy (non-hydrogen) atoms. The molecule has 1 N–H and O–H groups in total. The van der Waals surface area contributed by atoms with Gasteiger partial charge in [0.05, 0.1) is 16.9 Å². The predicted molar refractivity (Wildman–Crippen MR) is 186 cm³/mol. The largest absolute Gasteiger partial charge is 0.512 e. The molecule has 0 aliphatic heterocycles. The van der Waals surface area contributed by atoms with Gasteiger partial charge in [-0.2, -0.15) is 0 Å². The zero-order chi connectivity index (χ0) is 31.5. The number of pyridine rings is 1. The van der Waals surface area contributed by atoms with Crippen LogP contribution >= 0.6 is 0 Å². The monoisotopic (exact) mass is 788 g/mol. The molecule has 0 amide bonds. The van der Waals surface area contributed by atoms with Crippen molar-refractivity contribution in [1.82, 2.24) is 9.55 Å². The SMILES string of the molecule is CCC(CC)C(=O)/C=C(\O)C(CC)CC.[Ir].[c-]1ccc2oc3cccc4c3c2c1c1nc2ccccc2cc1n4-c1ccccc1. The summed E-state index contributed by atoms with van der Waals surface area (Å²) in [7, 11) is 0. The summed E-state index contributed by atoms with van der Waals surface area (Å²) in [6.07, 6.45) is 4.91. The summed E-state index contributed by atoms with van der Waals surface area (Å²) >= 11 is 0. The number of allylic oxidation sites excluding steroid dienone is 2. The van der Waals surface area contributed by atoms with E-state index in [1.807, 2.05) is 58.0 Å². The molecule has 3 aromatic heterocycles. The number of ketones is 1. The van der Waals surface area contributed by atoms with Crippen molar-refractivity contribution in [3.8, 4) is 5.69 Å². The van der Waals surface area contributed by atoms with Gasteiger partial charge in [-0.15, -0.1) is 17.5 Å². The fraction of sp³-hybridized carbons (Fsp3) is 0.250. The third-order valence-electron chi connectivity index (χ3n) is 8.95. The average molecular weight is 788 g/mol. The van der Waals surface area contributed by atoms with Gasteiger partial charge in [-0.05, 0) is 62.1 Å². The van der Waals surface area contributed by atoms with Crippen LogP contribution in [0.3, 0.4) is 0 Å². The minimum atomic E-state index is 0. The van der Waals surface area contributed by atoms with Gasteiger partial charge in [0.1, 0.15) is 5.58 Å². The molecule has 1 radical (unpaired) electrons. The number of para-hydroxylation sites is 2. The molecule has 0 saturated carbocycles. The van der Waals surface area contributed by atoms with Crippen LogP contribution in [0.5, 0.6) is 0 Å². The van der Waals surface area contributed by atoms with Crippen molar-refractivity contribution >= 4 is 60.6 Å². The number of rotatable bonds is 8. The van der Waals surface area contributed by atoms with E-state index in [2.05, 4.69) is 71.3 Å². The van der Waals surface area contributed by atoms with E-state index in [0.717, 1.165) is 86.1 Å². The number of benzene rings is 4. The number of aliphatic hydroxyl groups excluding tert-OH is 1. The summed E-state index contributed by atoms with van der Waals surface area (Å²) in [6.45, 7) is 8.07. The van der Waals surface area contributed by atoms with Crippen LogP contribution in [-0.4, -0.2) is 20.4 Å². The smallest absolute Gasteiger partial charge is 0.162 e. The van der Waals surface area contributed by atoms with E-state index in [9.17, 15) is 9.90 Å². The summed E-state index contributed by atoms with van der Waals surface area (Å²) in [5.74, 6) is 0.547. The summed E-state index contributed by atoms with van der Waals surface area (Å²) in [5, 5.41) is 14.0. The van der Waals surface area contributed by atoms with Crippen molar-refractivity contribution in [3.05, 3.63) is 109 Å². The number of carbonyl (C=O) groups excluding carboxylic acids is 1. The van der Waals surface area contributed by atoms with Gasteiger partial charge in [-0.25, -0.2) is 0 Å². The third-order valence-corrected chi connectivity index (χ3v) is 8.95. The molecule has 0 saturated heterocycles. The maximum atomic E-state index is 11.7. The molecule has 0 unspecified atom stereocenters. The number of hydrogen-bond donors (Lipinski definition) is 1. The Hall–Kier alpha value is -4.25. The van der Waals surface area contributed by atoms with Crippen LogP contribution in [0.25, 0.3) is 60.5 Å². The predicted octanol–water partition coefficient (Wildman–Crippen LogP) is 10.9. The van der Waals surface area contributed by atoms with Crippen molar-refractivity contribution < 1.29 is 34.4 Å². The molecule has 6 heteroatoms. The van der Waals surface area contributed by atoms with Crippen molar-refractivity contribution in [2.24, 2.45) is 11.8 Å². The van der Waals surface area contributed by atoms with Gasteiger partial charge < -0.3 is 14.1 Å². The summed E-state index contributed by atoms with van der Waals surface area (Å²) in [6, 6.07) is 34.6. The number of aromatic nitrogens is 2. The zero-order valence-electron chi connectivity index (χ0n) is 26.7. The van der Waals surface area contributed by atoms with Crippen molar-refractivity contribution in [3.63, 3.8) is 0 Å². The molecular formula is C40H39IrN2O3-. The molecule has 0 bridgehead atoms. The normalized spacial score (nSPS) is 11.9. The van der Waals surface area contributed by atoms with E-state index in [4.69, 9.17) is 9.40 Å². The number of furan rings is 1. The van der Waals surface area contributed by atoms with Gasteiger partial charge in [0.25, 0.3) is 0 Å². The zero-order valence-corrected chi connectivity index (χ0v) is 29.1. The fourth-order valence-electron chi connectivity index (χ4n) is 6.38. The van der Waals surface area contributed by atoms with E-state index in [0.29, 0.717) is 0 Å². The Morgan fingerprint density at radius 3 is 2.22 bits per heavy atom. The molecule has 0 fully saturated rings. The first kappa shape index (κ1) is 33.1. The number of carbonyl (C=O) groups is 1. The quantitative estimate of drug-likeness (QED) is 0.0946. The van der Waals surface area contributed by atoms with Gasteiger partial charge in [-0.3, -0.25) is 9.78 Å². The molecule has 4 aromatic carbocycles. The van der Waals surface area contributed by atoms with Crippen LogP contribution in [0, 0.1) is 17.9 Å². The number of fused-ring (bicyclic) bond motifs is 3. The summed E-state index contributed by atoms with van der Waals surface area (Å²) in [4.78, 5) is 16.8. The molecular weight excluding hydrogens is 749 g/mol. The first-order valence-corrected chi connectivity index (χ1v) is 16.0. The van der Waals surface area contributed by atoms with Crippen LogP contribution in [0.4, 0.5) is 0 Å². The van der Waals surface area contributed by atoms with Crippen molar-refractivity contribution in [2.75, 3.05) is 0 Å². The maximum absolute atomic E-state index is 11.7. The van der Waals surface area contributed by atoms with Crippen molar-refractivity contribution in [2.45, 2.75) is 53.4 Å². The third kappa shape index (κ3) is 6.12. The molecule has 0 spiro atoms. The molecule has 3 heterocycles. The Kier molecular flexibility index (Phi) is 10.4. The van der Waals surface area contributed by atoms with Gasteiger partial charge in [-0.1, -0.05) is 81.6 Å². The second kappa shape index (κ2) is 14.5. The van der Waals surface area contributed by atoms with Gasteiger partial charge in [0, 0.05) is 71.0 Å². The van der Waals surface area contributed by atoms with Crippen LogP contribution in [0.1, 0.15) is 53.4 Å². The Labute approximate surface area is 283 Å². The van der Waals surface area contributed by atoms with E-state index >= 15 is 0 Å². The van der Waals surface area contributed by atoms with E-state index in [1.165, 1.54) is 6.08 Å². The van der Waals surface area contributed by atoms with Crippen LogP contribution in [-0.2, 0) is 24.9 Å². The summed E-state index contributed by atoms with van der Waals surface area (Å²) < 4.78 is 8.51. The van der Waals surface area contributed by atoms with Crippen LogP contribution in [0.15, 0.2) is 107 Å². The van der Waals surface area contributed by atoms with Gasteiger partial charge in [0.2, 0.25) is 0 Å². The molecule has 7 aromatic rings. The topological polar surface area (TPSA) is 68.3 Å². The fourth-order valence-corrected chi connectivity index (χ4v) is 6.38. The standard InChI is InChI=1S/C27H15N2O.C13H24O2.Ir/c1-2-9-18(10-3-1)29-21-13-7-15-24-26(21)25-19(11-6-14-23(25)30-24)27-22(29)16-17-8-4-5-12-20(17)28-27;1-5-10(6-2)12(14)9-13(15)11(7-3)8-4;/h1-10,12-16H;9-11,14H,5-8H2,1-4H3;/q-1;;/b;12-9-;. The maximum Gasteiger partial charge on any atom is 0.162 e.